The monoisotopic (exact) mass is 320 g/mol. The predicted octanol–water partition coefficient (Wildman–Crippen LogP) is 3.61. The van der Waals surface area contributed by atoms with Gasteiger partial charge in [-0.05, 0) is 48.8 Å². The van der Waals surface area contributed by atoms with Gasteiger partial charge in [0.25, 0.3) is 5.17 Å². The topological polar surface area (TPSA) is 34.6 Å². The van der Waals surface area contributed by atoms with Crippen molar-refractivity contribution in [1.82, 2.24) is 4.98 Å². The fraction of sp³-hybridized carbons (Fsp3) is 0.200. The maximum atomic E-state index is 5.67. The number of nitrogens with zero attached hydrogens (tertiary/aromatic N) is 2. The molecule has 0 aliphatic heterocycles. The van der Waals surface area contributed by atoms with Crippen molar-refractivity contribution in [2.24, 2.45) is 0 Å². The Hall–Kier alpha value is -1.79. The minimum absolute atomic E-state index is 0.327. The quantitative estimate of drug-likeness (QED) is 0.632. The maximum absolute atomic E-state index is 5.67. The minimum Gasteiger partial charge on any atom is -0.481 e. The van der Waals surface area contributed by atoms with Crippen LogP contribution in [0.2, 0.25) is 0 Å². The smallest absolute Gasteiger partial charge is 0.270 e. The molecule has 0 spiro atoms. The van der Waals surface area contributed by atoms with Gasteiger partial charge >= 0.3 is 0 Å². The van der Waals surface area contributed by atoms with Crippen molar-refractivity contribution in [2.75, 3.05) is 25.3 Å². The first-order chi connectivity index (χ1) is 10.1. The maximum Gasteiger partial charge on any atom is 0.270 e. The number of pyridine rings is 1. The van der Waals surface area contributed by atoms with Crippen LogP contribution in [0.3, 0.4) is 0 Å². The summed E-state index contributed by atoms with van der Waals surface area (Å²) in [6, 6.07) is 13.2. The lowest BCUT2D eigenvalue weighted by Crippen LogP contribution is -2.29. The molecule has 2 rings (SSSR count). The Bertz CT molecular complexity index is 617. The van der Waals surface area contributed by atoms with Crippen molar-refractivity contribution < 1.29 is 9.47 Å². The minimum atomic E-state index is 0.327. The molecule has 1 aromatic heterocycles. The van der Waals surface area contributed by atoms with E-state index in [1.165, 1.54) is 4.90 Å². The number of thioether (sulfide) groups is 1. The van der Waals surface area contributed by atoms with Crippen LogP contribution in [0.25, 0.3) is 0 Å². The van der Waals surface area contributed by atoms with Gasteiger partial charge in [-0.1, -0.05) is 6.07 Å². The van der Waals surface area contributed by atoms with Crippen molar-refractivity contribution in [1.29, 1.82) is 0 Å². The highest BCUT2D eigenvalue weighted by molar-refractivity contribution is 7.98. The summed E-state index contributed by atoms with van der Waals surface area (Å²) >= 11 is 6.98. The number of rotatable bonds is 4. The summed E-state index contributed by atoms with van der Waals surface area (Å²) in [7, 11) is 3.38. The normalized spacial score (nSPS) is 10.0. The van der Waals surface area contributed by atoms with Crippen LogP contribution < -0.4 is 14.4 Å². The van der Waals surface area contributed by atoms with Crippen LogP contribution in [0.15, 0.2) is 47.4 Å². The van der Waals surface area contributed by atoms with Crippen LogP contribution in [0.4, 0.5) is 5.82 Å². The zero-order valence-electron chi connectivity index (χ0n) is 12.1. The Labute approximate surface area is 134 Å². The summed E-state index contributed by atoms with van der Waals surface area (Å²) in [5.74, 6) is 1.90. The molecule has 21 heavy (non-hydrogen) atoms. The van der Waals surface area contributed by atoms with Gasteiger partial charge in [-0.15, -0.1) is 11.8 Å². The molecular formula is C15H16N2O2S2. The van der Waals surface area contributed by atoms with Gasteiger partial charge in [0.1, 0.15) is 11.6 Å². The Morgan fingerprint density at radius 1 is 1.19 bits per heavy atom. The third kappa shape index (κ3) is 4.09. The van der Waals surface area contributed by atoms with E-state index in [0.717, 1.165) is 0 Å². The number of aromatic nitrogens is 1. The van der Waals surface area contributed by atoms with Crippen molar-refractivity contribution in [3.8, 4) is 11.6 Å². The largest absolute Gasteiger partial charge is 0.481 e. The molecule has 110 valence electrons. The van der Waals surface area contributed by atoms with Crippen LogP contribution in [0.1, 0.15) is 0 Å². The van der Waals surface area contributed by atoms with Crippen LogP contribution in [0.5, 0.6) is 11.6 Å². The fourth-order valence-corrected chi connectivity index (χ4v) is 2.21. The van der Waals surface area contributed by atoms with Crippen LogP contribution >= 0.6 is 24.0 Å². The number of ether oxygens (including phenoxy) is 2. The first-order valence-electron chi connectivity index (χ1n) is 6.24. The Morgan fingerprint density at radius 3 is 2.52 bits per heavy atom. The number of methoxy groups -OCH3 is 1. The number of hydrogen-bond acceptors (Lipinski definition) is 5. The van der Waals surface area contributed by atoms with E-state index in [0.29, 0.717) is 22.6 Å². The molecule has 2 aromatic rings. The highest BCUT2D eigenvalue weighted by atomic mass is 32.2. The Morgan fingerprint density at radius 2 is 1.90 bits per heavy atom. The van der Waals surface area contributed by atoms with E-state index < -0.39 is 0 Å². The van der Waals surface area contributed by atoms with Gasteiger partial charge in [0.15, 0.2) is 0 Å². The number of anilines is 1. The molecule has 0 bridgehead atoms. The summed E-state index contributed by atoms with van der Waals surface area (Å²) in [5.41, 5.74) is 0. The molecule has 0 amide bonds. The highest BCUT2D eigenvalue weighted by Crippen LogP contribution is 2.21. The second-order valence-electron chi connectivity index (χ2n) is 4.14. The fourth-order valence-electron chi connectivity index (χ4n) is 1.61. The van der Waals surface area contributed by atoms with Gasteiger partial charge < -0.3 is 9.47 Å². The van der Waals surface area contributed by atoms with Gasteiger partial charge in [0.2, 0.25) is 5.88 Å². The third-order valence-corrected chi connectivity index (χ3v) is 3.90. The van der Waals surface area contributed by atoms with E-state index in [9.17, 15) is 0 Å². The average Bonchev–Trinajstić information content (AvgIpc) is 2.54. The summed E-state index contributed by atoms with van der Waals surface area (Å²) in [5, 5.41) is 0.327. The summed E-state index contributed by atoms with van der Waals surface area (Å²) in [4.78, 5) is 7.19. The zero-order valence-corrected chi connectivity index (χ0v) is 13.7. The first kappa shape index (κ1) is 15.6. The molecule has 0 saturated carbocycles. The molecule has 0 N–H and O–H groups in total. The summed E-state index contributed by atoms with van der Waals surface area (Å²) in [6.07, 6.45) is 2.03. The molecule has 0 aliphatic carbocycles. The van der Waals surface area contributed by atoms with Crippen molar-refractivity contribution in [2.45, 2.75) is 4.90 Å². The first-order valence-corrected chi connectivity index (χ1v) is 7.88. The lowest BCUT2D eigenvalue weighted by atomic mass is 10.3. The van der Waals surface area contributed by atoms with Gasteiger partial charge in [-0.25, -0.2) is 0 Å². The van der Waals surface area contributed by atoms with Crippen LogP contribution in [0, 0.1) is 0 Å². The predicted molar refractivity (Wildman–Crippen MR) is 90.6 cm³/mol. The lowest BCUT2D eigenvalue weighted by Gasteiger charge is -2.19. The molecule has 0 unspecified atom stereocenters. The Kier molecular flexibility index (Phi) is 5.41. The van der Waals surface area contributed by atoms with Gasteiger partial charge in [-0.2, -0.15) is 4.98 Å². The van der Waals surface area contributed by atoms with Crippen molar-refractivity contribution in [3.05, 3.63) is 42.5 Å². The van der Waals surface area contributed by atoms with E-state index in [-0.39, 0.29) is 0 Å². The Balaban J connectivity index is 2.07. The zero-order chi connectivity index (χ0) is 15.2. The summed E-state index contributed by atoms with van der Waals surface area (Å²) in [6.45, 7) is 0. The molecule has 6 heteroatoms. The van der Waals surface area contributed by atoms with Gasteiger partial charge in [-0.3, -0.25) is 4.90 Å². The van der Waals surface area contributed by atoms with Crippen molar-refractivity contribution >= 4 is 35.0 Å². The van der Waals surface area contributed by atoms with E-state index in [2.05, 4.69) is 4.98 Å². The molecule has 1 heterocycles. The molecule has 0 saturated heterocycles. The van der Waals surface area contributed by atoms with Gasteiger partial charge in [0.05, 0.1) is 7.11 Å². The van der Waals surface area contributed by atoms with Crippen LogP contribution in [-0.4, -0.2) is 30.6 Å². The van der Waals surface area contributed by atoms with E-state index in [4.69, 9.17) is 21.7 Å². The molecule has 1 aromatic carbocycles. The number of thiocarbonyl (C=S) groups is 1. The average molecular weight is 320 g/mol. The SMILES string of the molecule is COc1cccc(N(C)C(=S)Oc2ccc(SC)cc2)n1. The third-order valence-electron chi connectivity index (χ3n) is 2.80. The second kappa shape index (κ2) is 7.28. The standard InChI is InChI=1S/C15H16N2O2S2/c1-17(13-5-4-6-14(16-13)18-2)15(20)19-11-7-9-12(21-3)10-8-11/h4-10H,1-3H3. The number of hydrogen-bond donors (Lipinski definition) is 0. The lowest BCUT2D eigenvalue weighted by molar-refractivity contribution is 0.398. The molecule has 0 atom stereocenters. The van der Waals surface area contributed by atoms with Gasteiger partial charge in [0, 0.05) is 18.0 Å². The van der Waals surface area contributed by atoms with E-state index >= 15 is 0 Å². The number of benzene rings is 1. The van der Waals surface area contributed by atoms with Crippen LogP contribution in [-0.2, 0) is 0 Å². The molecule has 0 fully saturated rings. The second-order valence-corrected chi connectivity index (χ2v) is 5.37. The highest BCUT2D eigenvalue weighted by Gasteiger charge is 2.11. The molecule has 0 aliphatic rings. The van der Waals surface area contributed by atoms with Crippen molar-refractivity contribution in [3.63, 3.8) is 0 Å². The van der Waals surface area contributed by atoms with E-state index in [1.54, 1.807) is 36.9 Å². The summed E-state index contributed by atoms with van der Waals surface area (Å²) < 4.78 is 10.8. The molecular weight excluding hydrogens is 304 g/mol. The van der Waals surface area contributed by atoms with E-state index in [1.807, 2.05) is 42.7 Å². The molecule has 4 nitrogen and oxygen atoms in total. The molecule has 0 radical (unpaired) electrons.